The van der Waals surface area contributed by atoms with Gasteiger partial charge in [-0.15, -0.1) is 0 Å². The SMILES string of the molecule is CCCCCCCCCCCCC1CC(c2ccccc2)=NO1. The van der Waals surface area contributed by atoms with Gasteiger partial charge in [0.25, 0.3) is 0 Å². The number of nitrogens with zero attached hydrogens (tertiary/aromatic N) is 1. The van der Waals surface area contributed by atoms with Crippen LogP contribution in [0.5, 0.6) is 0 Å². The van der Waals surface area contributed by atoms with Crippen molar-refractivity contribution in [3.8, 4) is 0 Å². The van der Waals surface area contributed by atoms with E-state index in [1.807, 2.05) is 6.07 Å². The summed E-state index contributed by atoms with van der Waals surface area (Å²) < 4.78 is 0. The topological polar surface area (TPSA) is 21.6 Å². The maximum Gasteiger partial charge on any atom is 0.133 e. The second-order valence-corrected chi connectivity index (χ2v) is 6.81. The van der Waals surface area contributed by atoms with Gasteiger partial charge in [0.1, 0.15) is 6.10 Å². The van der Waals surface area contributed by atoms with E-state index in [0.717, 1.165) is 18.6 Å². The molecule has 1 aliphatic rings. The molecule has 2 nitrogen and oxygen atoms in total. The van der Waals surface area contributed by atoms with Gasteiger partial charge < -0.3 is 4.84 Å². The number of rotatable bonds is 12. The van der Waals surface area contributed by atoms with E-state index in [4.69, 9.17) is 4.84 Å². The number of unbranched alkanes of at least 4 members (excludes halogenated alkanes) is 9. The van der Waals surface area contributed by atoms with Gasteiger partial charge in [0, 0.05) is 6.42 Å². The molecule has 0 N–H and O–H groups in total. The molecule has 128 valence electrons. The molecule has 1 heterocycles. The summed E-state index contributed by atoms with van der Waals surface area (Å²) in [7, 11) is 0. The minimum atomic E-state index is 0.305. The standard InChI is InChI=1S/C21H33NO/c1-2-3-4-5-6-7-8-9-10-14-17-20-18-21(22-23-20)19-15-12-11-13-16-19/h11-13,15-16,20H,2-10,14,17-18H2,1H3. The molecule has 0 bridgehead atoms. The smallest absolute Gasteiger partial charge is 0.133 e. The van der Waals surface area contributed by atoms with Crippen molar-refractivity contribution in [2.75, 3.05) is 0 Å². The van der Waals surface area contributed by atoms with E-state index >= 15 is 0 Å². The Morgan fingerprint density at radius 2 is 1.48 bits per heavy atom. The van der Waals surface area contributed by atoms with E-state index in [2.05, 4.69) is 36.3 Å². The maximum absolute atomic E-state index is 5.59. The Bertz CT molecular complexity index is 440. The van der Waals surface area contributed by atoms with Crippen LogP contribution < -0.4 is 0 Å². The highest BCUT2D eigenvalue weighted by atomic mass is 16.6. The Balaban J connectivity index is 1.44. The van der Waals surface area contributed by atoms with Crippen LogP contribution in [0.15, 0.2) is 35.5 Å². The fourth-order valence-electron chi connectivity index (χ4n) is 3.24. The van der Waals surface area contributed by atoms with Crippen LogP contribution in [0.4, 0.5) is 0 Å². The van der Waals surface area contributed by atoms with E-state index in [0.29, 0.717) is 6.10 Å². The normalized spacial score (nSPS) is 17.1. The summed E-state index contributed by atoms with van der Waals surface area (Å²) in [6.45, 7) is 2.28. The van der Waals surface area contributed by atoms with Gasteiger partial charge in [-0.3, -0.25) is 0 Å². The van der Waals surface area contributed by atoms with Crippen LogP contribution in [-0.4, -0.2) is 11.8 Å². The molecule has 1 atom stereocenters. The lowest BCUT2D eigenvalue weighted by Crippen LogP contribution is -2.08. The number of hydrogen-bond acceptors (Lipinski definition) is 2. The van der Waals surface area contributed by atoms with Crippen molar-refractivity contribution >= 4 is 5.71 Å². The first-order valence-corrected chi connectivity index (χ1v) is 9.68. The minimum Gasteiger partial charge on any atom is -0.392 e. The molecule has 0 saturated carbocycles. The zero-order chi connectivity index (χ0) is 16.2. The second-order valence-electron chi connectivity index (χ2n) is 6.81. The van der Waals surface area contributed by atoms with Crippen molar-refractivity contribution in [1.29, 1.82) is 0 Å². The van der Waals surface area contributed by atoms with Gasteiger partial charge >= 0.3 is 0 Å². The average molecular weight is 316 g/mol. The van der Waals surface area contributed by atoms with Crippen LogP contribution >= 0.6 is 0 Å². The van der Waals surface area contributed by atoms with E-state index in [1.165, 1.54) is 69.8 Å². The van der Waals surface area contributed by atoms with Gasteiger partial charge in [0.2, 0.25) is 0 Å². The molecule has 1 aliphatic heterocycles. The molecule has 0 spiro atoms. The Kier molecular flexibility index (Phi) is 8.83. The predicted molar refractivity (Wildman–Crippen MR) is 98.9 cm³/mol. The van der Waals surface area contributed by atoms with Crippen molar-refractivity contribution in [1.82, 2.24) is 0 Å². The third kappa shape index (κ3) is 7.20. The summed E-state index contributed by atoms with van der Waals surface area (Å²) in [5.74, 6) is 0. The summed E-state index contributed by atoms with van der Waals surface area (Å²) in [4.78, 5) is 5.59. The summed E-state index contributed by atoms with van der Waals surface area (Å²) in [6.07, 6.45) is 16.3. The monoisotopic (exact) mass is 315 g/mol. The molecule has 0 radical (unpaired) electrons. The van der Waals surface area contributed by atoms with Gasteiger partial charge in [-0.05, 0) is 18.4 Å². The minimum absolute atomic E-state index is 0.305. The molecular weight excluding hydrogens is 282 g/mol. The van der Waals surface area contributed by atoms with Crippen LogP contribution in [0.25, 0.3) is 0 Å². The van der Waals surface area contributed by atoms with E-state index in [1.54, 1.807) is 0 Å². The Morgan fingerprint density at radius 3 is 2.13 bits per heavy atom. The molecule has 1 aromatic rings. The highest BCUT2D eigenvalue weighted by Gasteiger charge is 2.21. The molecule has 0 aliphatic carbocycles. The summed E-state index contributed by atoms with van der Waals surface area (Å²) in [6, 6.07) is 10.4. The summed E-state index contributed by atoms with van der Waals surface area (Å²) >= 11 is 0. The zero-order valence-corrected chi connectivity index (χ0v) is 14.8. The lowest BCUT2D eigenvalue weighted by molar-refractivity contribution is 0.0770. The van der Waals surface area contributed by atoms with Crippen molar-refractivity contribution in [3.63, 3.8) is 0 Å². The van der Waals surface area contributed by atoms with Crippen molar-refractivity contribution in [3.05, 3.63) is 35.9 Å². The molecule has 0 amide bonds. The number of oxime groups is 1. The first-order valence-electron chi connectivity index (χ1n) is 9.68. The lowest BCUT2D eigenvalue weighted by Gasteiger charge is -2.07. The van der Waals surface area contributed by atoms with Gasteiger partial charge in [-0.1, -0.05) is 100 Å². The Hall–Kier alpha value is -1.31. The van der Waals surface area contributed by atoms with Crippen LogP contribution in [-0.2, 0) is 4.84 Å². The van der Waals surface area contributed by atoms with Gasteiger partial charge in [0.15, 0.2) is 0 Å². The largest absolute Gasteiger partial charge is 0.392 e. The molecule has 1 unspecified atom stereocenters. The van der Waals surface area contributed by atoms with Gasteiger partial charge in [0.05, 0.1) is 5.71 Å². The first kappa shape index (κ1) is 18.0. The van der Waals surface area contributed by atoms with Gasteiger partial charge in [-0.25, -0.2) is 0 Å². The summed E-state index contributed by atoms with van der Waals surface area (Å²) in [5.41, 5.74) is 2.32. The molecule has 0 fully saturated rings. The quantitative estimate of drug-likeness (QED) is 0.404. The third-order valence-electron chi connectivity index (χ3n) is 4.72. The highest BCUT2D eigenvalue weighted by molar-refractivity contribution is 6.01. The first-order chi connectivity index (χ1) is 11.4. The fraction of sp³-hybridized carbons (Fsp3) is 0.667. The molecule has 0 saturated heterocycles. The van der Waals surface area contributed by atoms with Crippen LogP contribution in [0, 0.1) is 0 Å². The van der Waals surface area contributed by atoms with Crippen LogP contribution in [0.1, 0.15) is 89.5 Å². The van der Waals surface area contributed by atoms with E-state index in [-0.39, 0.29) is 0 Å². The molecular formula is C21H33NO. The number of hydrogen-bond donors (Lipinski definition) is 0. The molecule has 1 aromatic carbocycles. The Labute approximate surface area is 142 Å². The lowest BCUT2D eigenvalue weighted by atomic mass is 10.0. The predicted octanol–water partition coefficient (Wildman–Crippen LogP) is 6.49. The second kappa shape index (κ2) is 11.3. The van der Waals surface area contributed by atoms with Crippen LogP contribution in [0.3, 0.4) is 0 Å². The fourth-order valence-corrected chi connectivity index (χ4v) is 3.24. The molecule has 23 heavy (non-hydrogen) atoms. The average Bonchev–Trinajstić information content (AvgIpc) is 3.06. The molecule has 2 heteroatoms. The Morgan fingerprint density at radius 1 is 0.870 bits per heavy atom. The van der Waals surface area contributed by atoms with Gasteiger partial charge in [-0.2, -0.15) is 0 Å². The molecule has 0 aromatic heterocycles. The number of benzene rings is 1. The van der Waals surface area contributed by atoms with E-state index < -0.39 is 0 Å². The van der Waals surface area contributed by atoms with Crippen molar-refractivity contribution in [2.45, 2.75) is 90.1 Å². The third-order valence-corrected chi connectivity index (χ3v) is 4.72. The summed E-state index contributed by atoms with van der Waals surface area (Å²) in [5, 5.41) is 4.27. The highest BCUT2D eigenvalue weighted by Crippen LogP contribution is 2.21. The molecule has 2 rings (SSSR count). The zero-order valence-electron chi connectivity index (χ0n) is 14.8. The van der Waals surface area contributed by atoms with Crippen LogP contribution in [0.2, 0.25) is 0 Å². The van der Waals surface area contributed by atoms with E-state index in [9.17, 15) is 0 Å². The maximum atomic E-state index is 5.59. The van der Waals surface area contributed by atoms with Crippen molar-refractivity contribution < 1.29 is 4.84 Å². The van der Waals surface area contributed by atoms with Crippen molar-refractivity contribution in [2.24, 2.45) is 5.16 Å².